The summed E-state index contributed by atoms with van der Waals surface area (Å²) >= 11 is 1.51. The molecule has 6 heteroatoms. The summed E-state index contributed by atoms with van der Waals surface area (Å²) in [6, 6.07) is 8.00. The van der Waals surface area contributed by atoms with Crippen LogP contribution in [0.1, 0.15) is 37.2 Å². The van der Waals surface area contributed by atoms with Crippen molar-refractivity contribution < 1.29 is 4.74 Å². The lowest BCUT2D eigenvalue weighted by Gasteiger charge is -2.13. The number of aromatic nitrogens is 4. The van der Waals surface area contributed by atoms with Crippen LogP contribution in [0.25, 0.3) is 4.96 Å². The predicted octanol–water partition coefficient (Wildman–Crippen LogP) is 3.37. The third kappa shape index (κ3) is 2.90. The van der Waals surface area contributed by atoms with E-state index >= 15 is 0 Å². The van der Waals surface area contributed by atoms with Crippen LogP contribution in [0.3, 0.4) is 0 Å². The molecule has 0 saturated carbocycles. The number of hydrogen-bond acceptors (Lipinski definition) is 5. The number of hydrogen-bond donors (Lipinski definition) is 0. The zero-order valence-corrected chi connectivity index (χ0v) is 13.4. The van der Waals surface area contributed by atoms with Crippen molar-refractivity contribution in [3.8, 4) is 5.75 Å². The molecule has 0 atom stereocenters. The molecular formula is C15H18N4OS. The molecule has 0 aliphatic carbocycles. The molecule has 110 valence electrons. The van der Waals surface area contributed by atoms with Crippen molar-refractivity contribution in [2.45, 2.75) is 39.7 Å². The second kappa shape index (κ2) is 5.11. The van der Waals surface area contributed by atoms with Crippen LogP contribution in [-0.4, -0.2) is 19.8 Å². The molecule has 0 saturated heterocycles. The van der Waals surface area contributed by atoms with E-state index in [0.29, 0.717) is 6.61 Å². The van der Waals surface area contributed by atoms with E-state index in [4.69, 9.17) is 4.74 Å². The van der Waals surface area contributed by atoms with E-state index in [1.165, 1.54) is 16.9 Å². The largest absolute Gasteiger partial charge is 0.486 e. The molecule has 3 aromatic rings. The Morgan fingerprint density at radius 3 is 2.76 bits per heavy atom. The van der Waals surface area contributed by atoms with Crippen molar-refractivity contribution in [1.29, 1.82) is 0 Å². The number of ether oxygens (including phenoxy) is 1. The molecule has 0 unspecified atom stereocenters. The van der Waals surface area contributed by atoms with E-state index in [9.17, 15) is 0 Å². The number of benzene rings is 1. The summed E-state index contributed by atoms with van der Waals surface area (Å²) in [4.78, 5) is 0.808. The average Bonchev–Trinajstić information content (AvgIpc) is 2.94. The molecule has 0 spiro atoms. The topological polar surface area (TPSA) is 52.3 Å². The van der Waals surface area contributed by atoms with E-state index in [1.807, 2.05) is 35.7 Å². The number of fused-ring (bicyclic) bond motifs is 1. The Bertz CT molecular complexity index is 769. The van der Waals surface area contributed by atoms with E-state index < -0.39 is 0 Å². The Morgan fingerprint density at radius 1 is 1.24 bits per heavy atom. The molecule has 3 rings (SSSR count). The van der Waals surface area contributed by atoms with Gasteiger partial charge in [0.2, 0.25) is 4.96 Å². The highest BCUT2D eigenvalue weighted by molar-refractivity contribution is 7.16. The van der Waals surface area contributed by atoms with Gasteiger partial charge in [-0.3, -0.25) is 0 Å². The molecule has 5 nitrogen and oxygen atoms in total. The van der Waals surface area contributed by atoms with E-state index in [0.717, 1.165) is 21.5 Å². The van der Waals surface area contributed by atoms with Gasteiger partial charge in [0.1, 0.15) is 12.4 Å². The van der Waals surface area contributed by atoms with Gasteiger partial charge < -0.3 is 4.74 Å². The Balaban J connectivity index is 1.81. The van der Waals surface area contributed by atoms with Gasteiger partial charge >= 0.3 is 0 Å². The maximum atomic E-state index is 5.78. The fourth-order valence-corrected chi connectivity index (χ4v) is 2.78. The minimum Gasteiger partial charge on any atom is -0.486 e. The molecule has 0 fully saturated rings. The third-order valence-electron chi connectivity index (χ3n) is 3.06. The zero-order valence-electron chi connectivity index (χ0n) is 12.6. The highest BCUT2D eigenvalue weighted by Gasteiger charge is 2.23. The molecule has 21 heavy (non-hydrogen) atoms. The first kappa shape index (κ1) is 14.0. The van der Waals surface area contributed by atoms with Gasteiger partial charge in [0.25, 0.3) is 0 Å². The monoisotopic (exact) mass is 302 g/mol. The van der Waals surface area contributed by atoms with Crippen LogP contribution < -0.4 is 4.74 Å². The van der Waals surface area contributed by atoms with E-state index in [-0.39, 0.29) is 5.41 Å². The van der Waals surface area contributed by atoms with Gasteiger partial charge in [0, 0.05) is 5.41 Å². The first-order chi connectivity index (χ1) is 9.93. The van der Waals surface area contributed by atoms with Gasteiger partial charge in [-0.15, -0.1) is 10.2 Å². The number of rotatable bonds is 3. The Hall–Kier alpha value is -1.95. The predicted molar refractivity (Wildman–Crippen MR) is 82.9 cm³/mol. The minimum atomic E-state index is -0.0812. The minimum absolute atomic E-state index is 0.0812. The summed E-state index contributed by atoms with van der Waals surface area (Å²) in [5.74, 6) is 1.73. The van der Waals surface area contributed by atoms with Crippen molar-refractivity contribution >= 4 is 16.3 Å². The van der Waals surface area contributed by atoms with Crippen LogP contribution in [0.15, 0.2) is 24.3 Å². The Kier molecular flexibility index (Phi) is 3.41. The summed E-state index contributed by atoms with van der Waals surface area (Å²) in [5.41, 5.74) is 1.10. The molecule has 2 aromatic heterocycles. The van der Waals surface area contributed by atoms with Gasteiger partial charge in [-0.25, -0.2) is 0 Å². The quantitative estimate of drug-likeness (QED) is 0.744. The SMILES string of the molecule is Cc1cccc(OCc2nn3c(C(C)(C)C)nnc3s2)c1. The van der Waals surface area contributed by atoms with E-state index in [2.05, 4.69) is 36.1 Å². The molecule has 0 aliphatic heterocycles. The molecule has 0 bridgehead atoms. The molecule has 0 aliphatic rings. The van der Waals surface area contributed by atoms with Crippen LogP contribution in [0, 0.1) is 6.92 Å². The standard InChI is InChI=1S/C15H18N4OS/c1-10-6-5-7-11(8-10)20-9-12-18-19-13(15(2,3)4)16-17-14(19)21-12/h5-8H,9H2,1-4H3. The van der Waals surface area contributed by atoms with Crippen LogP contribution >= 0.6 is 11.3 Å². The first-order valence-electron chi connectivity index (χ1n) is 6.84. The summed E-state index contributed by atoms with van der Waals surface area (Å²) in [7, 11) is 0. The second-order valence-electron chi connectivity index (χ2n) is 6.07. The normalized spacial score (nSPS) is 12.0. The summed E-state index contributed by atoms with van der Waals surface area (Å²) in [6.45, 7) is 8.80. The maximum Gasteiger partial charge on any atom is 0.234 e. The molecule has 0 radical (unpaired) electrons. The summed E-state index contributed by atoms with van der Waals surface area (Å²) in [5, 5.41) is 13.9. The lowest BCUT2D eigenvalue weighted by Crippen LogP contribution is -2.16. The first-order valence-corrected chi connectivity index (χ1v) is 7.66. The van der Waals surface area contributed by atoms with Crippen molar-refractivity contribution in [2.24, 2.45) is 0 Å². The molecule has 1 aromatic carbocycles. The summed E-state index contributed by atoms with van der Waals surface area (Å²) < 4.78 is 7.60. The fraction of sp³-hybridized carbons (Fsp3) is 0.400. The van der Waals surface area contributed by atoms with Crippen molar-refractivity contribution in [1.82, 2.24) is 19.8 Å². The van der Waals surface area contributed by atoms with E-state index in [1.54, 1.807) is 0 Å². The van der Waals surface area contributed by atoms with Gasteiger partial charge in [0.15, 0.2) is 10.8 Å². The van der Waals surface area contributed by atoms with Crippen LogP contribution in [0.4, 0.5) is 0 Å². The zero-order chi connectivity index (χ0) is 15.0. The lowest BCUT2D eigenvalue weighted by molar-refractivity contribution is 0.303. The van der Waals surface area contributed by atoms with Crippen LogP contribution in [0.5, 0.6) is 5.75 Å². The second-order valence-corrected chi connectivity index (χ2v) is 7.11. The smallest absolute Gasteiger partial charge is 0.234 e. The highest BCUT2D eigenvalue weighted by Crippen LogP contribution is 2.24. The Morgan fingerprint density at radius 2 is 2.05 bits per heavy atom. The van der Waals surface area contributed by atoms with Gasteiger partial charge in [-0.1, -0.05) is 44.2 Å². The van der Waals surface area contributed by atoms with Crippen molar-refractivity contribution in [3.05, 3.63) is 40.7 Å². The molecular weight excluding hydrogens is 284 g/mol. The molecule has 0 N–H and O–H groups in total. The molecule has 2 heterocycles. The maximum absolute atomic E-state index is 5.78. The van der Waals surface area contributed by atoms with Crippen molar-refractivity contribution in [2.75, 3.05) is 0 Å². The van der Waals surface area contributed by atoms with Crippen LogP contribution in [0.2, 0.25) is 0 Å². The highest BCUT2D eigenvalue weighted by atomic mass is 32.1. The summed E-state index contributed by atoms with van der Waals surface area (Å²) in [6.07, 6.45) is 0. The Labute approximate surface area is 127 Å². The average molecular weight is 302 g/mol. The number of nitrogens with zero attached hydrogens (tertiary/aromatic N) is 4. The third-order valence-corrected chi connectivity index (χ3v) is 3.93. The van der Waals surface area contributed by atoms with Gasteiger partial charge in [0.05, 0.1) is 0 Å². The van der Waals surface area contributed by atoms with Gasteiger partial charge in [-0.05, 0) is 24.6 Å². The van der Waals surface area contributed by atoms with Gasteiger partial charge in [-0.2, -0.15) is 9.61 Å². The van der Waals surface area contributed by atoms with Crippen LogP contribution in [-0.2, 0) is 12.0 Å². The molecule has 0 amide bonds. The van der Waals surface area contributed by atoms with Crippen molar-refractivity contribution in [3.63, 3.8) is 0 Å². The number of aryl methyl sites for hydroxylation is 1. The lowest BCUT2D eigenvalue weighted by atomic mass is 9.96. The fourth-order valence-electron chi connectivity index (χ4n) is 2.03.